The van der Waals surface area contributed by atoms with Gasteiger partial charge in [0.25, 0.3) is 0 Å². The highest BCUT2D eigenvalue weighted by atomic mass is 32.2. The van der Waals surface area contributed by atoms with Gasteiger partial charge in [-0.1, -0.05) is 30.3 Å². The molecule has 0 saturated carbocycles. The molecule has 1 aliphatic rings. The largest absolute Gasteiger partial charge is 0.395 e. The molecule has 0 radical (unpaired) electrons. The maximum atomic E-state index is 9.20. The van der Waals surface area contributed by atoms with E-state index >= 15 is 0 Å². The van der Waals surface area contributed by atoms with Crippen LogP contribution in [0.25, 0.3) is 0 Å². The summed E-state index contributed by atoms with van der Waals surface area (Å²) in [5.41, 5.74) is 1.40. The Labute approximate surface area is 102 Å². The molecule has 1 aliphatic heterocycles. The monoisotopic (exact) mass is 237 g/mol. The zero-order valence-corrected chi connectivity index (χ0v) is 10.5. The van der Waals surface area contributed by atoms with Crippen molar-refractivity contribution in [2.24, 2.45) is 0 Å². The van der Waals surface area contributed by atoms with Crippen LogP contribution in [0.5, 0.6) is 0 Å². The van der Waals surface area contributed by atoms with Gasteiger partial charge in [0.05, 0.1) is 6.61 Å². The number of nitrogens with zero attached hydrogens (tertiary/aromatic N) is 1. The van der Waals surface area contributed by atoms with Crippen molar-refractivity contribution in [2.45, 2.75) is 18.2 Å². The first kappa shape index (κ1) is 12.0. The van der Waals surface area contributed by atoms with Crippen molar-refractivity contribution in [3.05, 3.63) is 35.9 Å². The van der Waals surface area contributed by atoms with E-state index < -0.39 is 0 Å². The van der Waals surface area contributed by atoms with Gasteiger partial charge in [-0.3, -0.25) is 4.90 Å². The van der Waals surface area contributed by atoms with Crippen molar-refractivity contribution in [2.75, 3.05) is 25.4 Å². The highest BCUT2D eigenvalue weighted by molar-refractivity contribution is 7.99. The molecular formula is C13H19NOS. The van der Waals surface area contributed by atoms with Gasteiger partial charge in [-0.15, -0.1) is 0 Å². The van der Waals surface area contributed by atoms with Crippen molar-refractivity contribution in [1.29, 1.82) is 0 Å². The molecule has 2 atom stereocenters. The molecule has 2 unspecified atom stereocenters. The van der Waals surface area contributed by atoms with E-state index in [9.17, 15) is 5.11 Å². The molecule has 0 aliphatic carbocycles. The van der Waals surface area contributed by atoms with Gasteiger partial charge in [0.2, 0.25) is 0 Å². The lowest BCUT2D eigenvalue weighted by molar-refractivity contribution is 0.138. The van der Waals surface area contributed by atoms with Crippen LogP contribution in [0.4, 0.5) is 0 Å². The number of rotatable bonds is 3. The van der Waals surface area contributed by atoms with E-state index in [-0.39, 0.29) is 12.6 Å². The second-order valence-electron chi connectivity index (χ2n) is 4.30. The molecule has 16 heavy (non-hydrogen) atoms. The van der Waals surface area contributed by atoms with Crippen molar-refractivity contribution in [3.8, 4) is 0 Å². The summed E-state index contributed by atoms with van der Waals surface area (Å²) in [7, 11) is 0. The molecule has 3 heteroatoms. The average molecular weight is 237 g/mol. The Bertz CT molecular complexity index is 317. The molecule has 2 nitrogen and oxygen atoms in total. The lowest BCUT2D eigenvalue weighted by Crippen LogP contribution is -2.42. The number of aliphatic hydroxyl groups excluding tert-OH is 1. The number of aliphatic hydroxyl groups is 1. The van der Waals surface area contributed by atoms with E-state index in [1.807, 2.05) is 11.8 Å². The molecule has 88 valence electrons. The fourth-order valence-electron chi connectivity index (χ4n) is 2.05. The van der Waals surface area contributed by atoms with Crippen molar-refractivity contribution in [3.63, 3.8) is 0 Å². The zero-order valence-electron chi connectivity index (χ0n) is 9.67. The normalized spacial score (nSPS) is 24.2. The highest BCUT2D eigenvalue weighted by Gasteiger charge is 2.24. The molecule has 1 saturated heterocycles. The minimum absolute atomic E-state index is 0.256. The predicted molar refractivity (Wildman–Crippen MR) is 69.8 cm³/mol. The van der Waals surface area contributed by atoms with Gasteiger partial charge < -0.3 is 5.11 Å². The number of hydrogen-bond acceptors (Lipinski definition) is 3. The fourth-order valence-corrected chi connectivity index (χ4v) is 3.33. The molecule has 0 bridgehead atoms. The standard InChI is InChI=1S/C13H19NOS/c1-11(10-15)14-7-8-16-13(9-14)12-5-3-2-4-6-12/h2-6,11,13,15H,7-10H2,1H3. The van der Waals surface area contributed by atoms with Crippen molar-refractivity contribution < 1.29 is 5.11 Å². The number of benzene rings is 1. The molecule has 0 aromatic heterocycles. The summed E-state index contributed by atoms with van der Waals surface area (Å²) in [5.74, 6) is 1.16. The quantitative estimate of drug-likeness (QED) is 0.871. The third-order valence-corrected chi connectivity index (χ3v) is 4.40. The maximum absolute atomic E-state index is 9.20. The molecule has 0 amide bonds. The van der Waals surface area contributed by atoms with Crippen LogP contribution in [0.15, 0.2) is 30.3 Å². The van der Waals surface area contributed by atoms with Crippen LogP contribution in [0, 0.1) is 0 Å². The Morgan fingerprint density at radius 3 is 2.88 bits per heavy atom. The van der Waals surface area contributed by atoms with Crippen LogP contribution in [0.2, 0.25) is 0 Å². The van der Waals surface area contributed by atoms with Crippen LogP contribution >= 0.6 is 11.8 Å². The topological polar surface area (TPSA) is 23.5 Å². The average Bonchev–Trinajstić information content (AvgIpc) is 2.39. The third-order valence-electron chi connectivity index (χ3n) is 3.16. The smallest absolute Gasteiger partial charge is 0.0584 e. The Morgan fingerprint density at radius 2 is 2.19 bits per heavy atom. The van der Waals surface area contributed by atoms with E-state index in [0.717, 1.165) is 18.8 Å². The zero-order chi connectivity index (χ0) is 11.4. The van der Waals surface area contributed by atoms with Gasteiger partial charge in [0.1, 0.15) is 0 Å². The molecule has 1 aromatic rings. The minimum Gasteiger partial charge on any atom is -0.395 e. The second kappa shape index (κ2) is 5.71. The van der Waals surface area contributed by atoms with Crippen LogP contribution in [-0.4, -0.2) is 41.5 Å². The summed E-state index contributed by atoms with van der Waals surface area (Å²) >= 11 is 2.02. The van der Waals surface area contributed by atoms with Gasteiger partial charge in [0.15, 0.2) is 0 Å². The first-order valence-corrected chi connectivity index (χ1v) is 6.87. The fraction of sp³-hybridized carbons (Fsp3) is 0.538. The van der Waals surface area contributed by atoms with Crippen LogP contribution < -0.4 is 0 Å². The van der Waals surface area contributed by atoms with E-state index in [0.29, 0.717) is 5.25 Å². The second-order valence-corrected chi connectivity index (χ2v) is 5.61. The lowest BCUT2D eigenvalue weighted by Gasteiger charge is -2.35. The summed E-state index contributed by atoms with van der Waals surface area (Å²) in [4.78, 5) is 2.38. The van der Waals surface area contributed by atoms with Gasteiger partial charge in [0, 0.05) is 30.1 Å². The van der Waals surface area contributed by atoms with Crippen LogP contribution in [0.3, 0.4) is 0 Å². The number of thioether (sulfide) groups is 1. The summed E-state index contributed by atoms with van der Waals surface area (Å²) < 4.78 is 0. The molecule has 2 rings (SSSR count). The molecule has 1 aromatic carbocycles. The Morgan fingerprint density at radius 1 is 1.44 bits per heavy atom. The van der Waals surface area contributed by atoms with Gasteiger partial charge >= 0.3 is 0 Å². The molecular weight excluding hydrogens is 218 g/mol. The SMILES string of the molecule is CC(CO)N1CCSC(c2ccccc2)C1. The van der Waals surface area contributed by atoms with E-state index in [1.165, 1.54) is 5.56 Å². The Kier molecular flexibility index (Phi) is 4.27. The van der Waals surface area contributed by atoms with Crippen LogP contribution in [-0.2, 0) is 0 Å². The first-order chi connectivity index (χ1) is 7.81. The molecule has 0 spiro atoms. The molecule has 1 N–H and O–H groups in total. The van der Waals surface area contributed by atoms with Crippen molar-refractivity contribution in [1.82, 2.24) is 4.90 Å². The van der Waals surface area contributed by atoms with E-state index in [1.54, 1.807) is 0 Å². The molecule has 1 fully saturated rings. The predicted octanol–water partition coefficient (Wildman–Crippen LogP) is 2.16. The van der Waals surface area contributed by atoms with Crippen LogP contribution in [0.1, 0.15) is 17.7 Å². The maximum Gasteiger partial charge on any atom is 0.0584 e. The van der Waals surface area contributed by atoms with Gasteiger partial charge in [-0.2, -0.15) is 11.8 Å². The summed E-state index contributed by atoms with van der Waals surface area (Å²) in [6.45, 7) is 4.50. The number of hydrogen-bond donors (Lipinski definition) is 1. The molecule has 1 heterocycles. The Balaban J connectivity index is 2.02. The van der Waals surface area contributed by atoms with Gasteiger partial charge in [-0.05, 0) is 12.5 Å². The summed E-state index contributed by atoms with van der Waals surface area (Å²) in [6.07, 6.45) is 0. The van der Waals surface area contributed by atoms with Gasteiger partial charge in [-0.25, -0.2) is 0 Å². The minimum atomic E-state index is 0.256. The first-order valence-electron chi connectivity index (χ1n) is 5.82. The van der Waals surface area contributed by atoms with E-state index in [2.05, 4.69) is 42.2 Å². The van der Waals surface area contributed by atoms with Crippen molar-refractivity contribution >= 4 is 11.8 Å². The third kappa shape index (κ3) is 2.78. The lowest BCUT2D eigenvalue weighted by atomic mass is 10.1. The summed E-state index contributed by atoms with van der Waals surface area (Å²) in [6, 6.07) is 10.9. The Hall–Kier alpha value is -0.510. The summed E-state index contributed by atoms with van der Waals surface area (Å²) in [5, 5.41) is 9.75. The highest BCUT2D eigenvalue weighted by Crippen LogP contribution is 2.33. The van der Waals surface area contributed by atoms with E-state index in [4.69, 9.17) is 0 Å².